The number of nitrogens with zero attached hydrogens (tertiary/aromatic N) is 2. The zero-order valence-electron chi connectivity index (χ0n) is 14.9. The van der Waals surface area contributed by atoms with E-state index in [2.05, 4.69) is 4.99 Å². The number of ether oxygens (including phenoxy) is 1. The molecule has 7 heteroatoms. The van der Waals surface area contributed by atoms with Gasteiger partial charge in [-0.05, 0) is 31.4 Å². The summed E-state index contributed by atoms with van der Waals surface area (Å²) in [5.74, 6) is -1.12. The van der Waals surface area contributed by atoms with Crippen LogP contribution in [0.3, 0.4) is 0 Å². The number of benzene rings is 1. The number of aliphatic imine (C=N–C) groups is 1. The molecule has 0 aromatic heterocycles. The Hall–Kier alpha value is -1.76. The Kier molecular flexibility index (Phi) is 6.27. The Balaban J connectivity index is 3.51. The summed E-state index contributed by atoms with van der Waals surface area (Å²) in [7, 11) is 3.11. The molecule has 1 N–H and O–H groups in total. The molecule has 0 fully saturated rings. The van der Waals surface area contributed by atoms with Crippen molar-refractivity contribution in [3.63, 3.8) is 0 Å². The van der Waals surface area contributed by atoms with E-state index >= 15 is 0 Å². The molecular weight excluding hydrogens is 321 g/mol. The van der Waals surface area contributed by atoms with Crippen LogP contribution in [0.25, 0.3) is 0 Å². The molecule has 0 bridgehead atoms. The highest BCUT2D eigenvalue weighted by atomic mass is 19.4. The number of halogens is 3. The summed E-state index contributed by atoms with van der Waals surface area (Å²) in [6.45, 7) is 7.00. The first-order chi connectivity index (χ1) is 11.0. The summed E-state index contributed by atoms with van der Waals surface area (Å²) < 4.78 is 45.8. The summed E-state index contributed by atoms with van der Waals surface area (Å²) in [4.78, 5) is 6.11. The molecule has 0 saturated carbocycles. The largest absolute Gasteiger partial charge is 0.496 e. The molecule has 0 aliphatic heterocycles. The second-order valence-electron chi connectivity index (χ2n) is 6.08. The Morgan fingerprint density at radius 1 is 1.33 bits per heavy atom. The van der Waals surface area contributed by atoms with Gasteiger partial charge in [0.15, 0.2) is 5.60 Å². The average Bonchev–Trinajstić information content (AvgIpc) is 2.50. The maximum atomic E-state index is 13.5. The van der Waals surface area contributed by atoms with Crippen molar-refractivity contribution in [2.75, 3.05) is 20.7 Å². The van der Waals surface area contributed by atoms with Crippen LogP contribution in [0.15, 0.2) is 17.1 Å². The SMILES string of the molecule is CCN(C)C=Nc1cc(OC)c(C(O)(C(C)C)C(F)(F)F)cc1C. The number of hydrogen-bond acceptors (Lipinski definition) is 3. The fraction of sp³-hybridized carbons (Fsp3) is 0.588. The number of aryl methyl sites for hydroxylation is 1. The van der Waals surface area contributed by atoms with Crippen molar-refractivity contribution >= 4 is 12.0 Å². The molecule has 0 aliphatic rings. The molecule has 1 aromatic rings. The molecule has 0 amide bonds. The molecule has 1 aromatic carbocycles. The number of aliphatic hydroxyl groups is 1. The Morgan fingerprint density at radius 2 is 1.92 bits per heavy atom. The first-order valence-electron chi connectivity index (χ1n) is 7.71. The zero-order valence-corrected chi connectivity index (χ0v) is 14.9. The van der Waals surface area contributed by atoms with E-state index in [1.807, 2.05) is 18.9 Å². The van der Waals surface area contributed by atoms with Crippen LogP contribution in [0, 0.1) is 12.8 Å². The molecule has 0 heterocycles. The summed E-state index contributed by atoms with van der Waals surface area (Å²) in [5, 5.41) is 10.4. The highest BCUT2D eigenvalue weighted by molar-refractivity contribution is 5.65. The predicted molar refractivity (Wildman–Crippen MR) is 89.0 cm³/mol. The van der Waals surface area contributed by atoms with Gasteiger partial charge in [0.1, 0.15) is 5.75 Å². The molecule has 0 spiro atoms. The minimum atomic E-state index is -4.83. The van der Waals surface area contributed by atoms with Gasteiger partial charge in [0.05, 0.1) is 19.1 Å². The van der Waals surface area contributed by atoms with E-state index in [1.54, 1.807) is 13.3 Å². The third kappa shape index (κ3) is 3.83. The fourth-order valence-corrected chi connectivity index (χ4v) is 2.32. The highest BCUT2D eigenvalue weighted by Crippen LogP contribution is 2.48. The van der Waals surface area contributed by atoms with Crippen molar-refractivity contribution in [1.29, 1.82) is 0 Å². The Bertz CT molecular complexity index is 600. The van der Waals surface area contributed by atoms with Crippen molar-refractivity contribution in [2.45, 2.75) is 39.5 Å². The second kappa shape index (κ2) is 7.42. The number of methoxy groups -OCH3 is 1. The smallest absolute Gasteiger partial charge is 0.421 e. The molecule has 4 nitrogen and oxygen atoms in total. The normalized spacial score (nSPS) is 15.0. The van der Waals surface area contributed by atoms with Crippen molar-refractivity contribution in [3.05, 3.63) is 23.3 Å². The molecule has 0 saturated heterocycles. The summed E-state index contributed by atoms with van der Waals surface area (Å²) >= 11 is 0. The van der Waals surface area contributed by atoms with E-state index in [0.717, 1.165) is 6.54 Å². The van der Waals surface area contributed by atoms with Gasteiger partial charge in [-0.3, -0.25) is 0 Å². The first-order valence-corrected chi connectivity index (χ1v) is 7.71. The molecule has 136 valence electrons. The van der Waals surface area contributed by atoms with Gasteiger partial charge >= 0.3 is 6.18 Å². The third-order valence-corrected chi connectivity index (χ3v) is 4.09. The number of hydrogen-bond donors (Lipinski definition) is 1. The lowest BCUT2D eigenvalue weighted by molar-refractivity contribution is -0.283. The van der Waals surface area contributed by atoms with Crippen LogP contribution in [0.1, 0.15) is 31.9 Å². The quantitative estimate of drug-likeness (QED) is 0.625. The fourth-order valence-electron chi connectivity index (χ4n) is 2.32. The van der Waals surface area contributed by atoms with Crippen LogP contribution in [0.5, 0.6) is 5.75 Å². The predicted octanol–water partition coefficient (Wildman–Crippen LogP) is 4.02. The van der Waals surface area contributed by atoms with Crippen molar-refractivity contribution in [3.8, 4) is 5.75 Å². The summed E-state index contributed by atoms with van der Waals surface area (Å²) in [5.41, 5.74) is -2.28. The first kappa shape index (κ1) is 20.3. The van der Waals surface area contributed by atoms with Crippen molar-refractivity contribution in [1.82, 2.24) is 4.90 Å². The third-order valence-electron chi connectivity index (χ3n) is 4.09. The van der Waals surface area contributed by atoms with E-state index in [1.165, 1.54) is 33.1 Å². The summed E-state index contributed by atoms with van der Waals surface area (Å²) in [6.07, 6.45) is -3.23. The van der Waals surface area contributed by atoms with E-state index in [-0.39, 0.29) is 11.3 Å². The molecule has 24 heavy (non-hydrogen) atoms. The lowest BCUT2D eigenvalue weighted by Crippen LogP contribution is -2.47. The second-order valence-corrected chi connectivity index (χ2v) is 6.08. The maximum absolute atomic E-state index is 13.5. The Labute approximate surface area is 141 Å². The van der Waals surface area contributed by atoms with Gasteiger partial charge in [-0.15, -0.1) is 0 Å². The zero-order chi connectivity index (χ0) is 18.7. The molecule has 1 atom stereocenters. The van der Waals surface area contributed by atoms with Gasteiger partial charge in [-0.2, -0.15) is 13.2 Å². The molecule has 1 unspecified atom stereocenters. The highest BCUT2D eigenvalue weighted by Gasteiger charge is 2.58. The standard InChI is InChI=1S/C17H25F3N2O2/c1-7-22(5)10-21-14-9-15(24-6)13(8-12(14)4)16(23,11(2)3)17(18,19)20/h8-11,23H,7H2,1-6H3. The van der Waals surface area contributed by atoms with Crippen LogP contribution in [0.2, 0.25) is 0 Å². The molecule has 1 rings (SSSR count). The van der Waals surface area contributed by atoms with Crippen LogP contribution < -0.4 is 4.74 Å². The molecular formula is C17H25F3N2O2. The van der Waals surface area contributed by atoms with E-state index in [0.29, 0.717) is 11.3 Å². The summed E-state index contributed by atoms with van der Waals surface area (Å²) in [6, 6.07) is 2.72. The van der Waals surface area contributed by atoms with Gasteiger partial charge in [-0.25, -0.2) is 4.99 Å². The van der Waals surface area contributed by atoms with E-state index in [4.69, 9.17) is 4.74 Å². The van der Waals surface area contributed by atoms with E-state index < -0.39 is 17.7 Å². The van der Waals surface area contributed by atoms with Crippen molar-refractivity contribution < 1.29 is 23.0 Å². The van der Waals surface area contributed by atoms with Crippen LogP contribution >= 0.6 is 0 Å². The monoisotopic (exact) mass is 346 g/mol. The topological polar surface area (TPSA) is 45.1 Å². The van der Waals surface area contributed by atoms with E-state index in [9.17, 15) is 18.3 Å². The molecule has 0 radical (unpaired) electrons. The minimum Gasteiger partial charge on any atom is -0.496 e. The average molecular weight is 346 g/mol. The minimum absolute atomic E-state index is 0.0413. The van der Waals surface area contributed by atoms with Crippen molar-refractivity contribution in [2.24, 2.45) is 10.9 Å². The number of rotatable bonds is 6. The Morgan fingerprint density at radius 3 is 2.33 bits per heavy atom. The van der Waals surface area contributed by atoms with Gasteiger partial charge in [0, 0.05) is 25.2 Å². The van der Waals surface area contributed by atoms with Gasteiger partial charge < -0.3 is 14.7 Å². The number of alkyl halides is 3. The van der Waals surface area contributed by atoms with Crippen LogP contribution in [0.4, 0.5) is 18.9 Å². The van der Waals surface area contributed by atoms with Gasteiger partial charge in [-0.1, -0.05) is 13.8 Å². The lowest BCUT2D eigenvalue weighted by atomic mass is 9.81. The van der Waals surface area contributed by atoms with Crippen LogP contribution in [-0.4, -0.2) is 43.2 Å². The van der Waals surface area contributed by atoms with Gasteiger partial charge in [0.25, 0.3) is 0 Å². The maximum Gasteiger partial charge on any atom is 0.421 e. The molecule has 0 aliphatic carbocycles. The van der Waals surface area contributed by atoms with Gasteiger partial charge in [0.2, 0.25) is 0 Å². The lowest BCUT2D eigenvalue weighted by Gasteiger charge is -2.35. The van der Waals surface area contributed by atoms with Crippen LogP contribution in [-0.2, 0) is 5.60 Å².